The van der Waals surface area contributed by atoms with E-state index in [9.17, 15) is 9.59 Å². The lowest BCUT2D eigenvalue weighted by Gasteiger charge is -1.92. The maximum atomic E-state index is 10.8. The highest BCUT2D eigenvalue weighted by atomic mass is 17.2. The molecule has 0 saturated carbocycles. The number of carbonyl (C=O) groups is 2. The normalized spacial score (nSPS) is 9.71. The zero-order valence-electron chi connectivity index (χ0n) is 7.25. The molecule has 0 aliphatic heterocycles. The van der Waals surface area contributed by atoms with E-state index in [1.54, 1.807) is 6.08 Å². The summed E-state index contributed by atoms with van der Waals surface area (Å²) in [5.41, 5.74) is 0.857. The molecular formula is C10H8O4. The van der Waals surface area contributed by atoms with Crippen molar-refractivity contribution < 1.29 is 19.4 Å². The van der Waals surface area contributed by atoms with Crippen LogP contribution in [0.1, 0.15) is 5.56 Å². The maximum absolute atomic E-state index is 10.8. The van der Waals surface area contributed by atoms with Crippen molar-refractivity contribution in [1.82, 2.24) is 0 Å². The Hall–Kier alpha value is -2.10. The van der Waals surface area contributed by atoms with Gasteiger partial charge in [-0.1, -0.05) is 30.3 Å². The van der Waals surface area contributed by atoms with E-state index in [2.05, 4.69) is 9.78 Å². The molecule has 72 valence electrons. The summed E-state index contributed by atoms with van der Waals surface area (Å²) in [6, 6.07) is 9.19. The summed E-state index contributed by atoms with van der Waals surface area (Å²) in [5.74, 6) is -0.735. The lowest BCUT2D eigenvalue weighted by molar-refractivity contribution is -0.243. The maximum Gasteiger partial charge on any atom is 0.379 e. The van der Waals surface area contributed by atoms with Crippen molar-refractivity contribution in [1.29, 1.82) is 0 Å². The molecule has 0 amide bonds. The third-order valence-electron chi connectivity index (χ3n) is 1.38. The Labute approximate surface area is 80.7 Å². The van der Waals surface area contributed by atoms with Gasteiger partial charge in [0.15, 0.2) is 0 Å². The molecule has 0 saturated heterocycles. The highest BCUT2D eigenvalue weighted by Crippen LogP contribution is 2.00. The summed E-state index contributed by atoms with van der Waals surface area (Å²) >= 11 is 0. The van der Waals surface area contributed by atoms with Crippen LogP contribution in [0.15, 0.2) is 36.4 Å². The lowest BCUT2D eigenvalue weighted by atomic mass is 10.2. The molecule has 1 aromatic carbocycles. The molecule has 0 unspecified atom stereocenters. The van der Waals surface area contributed by atoms with E-state index in [-0.39, 0.29) is 6.47 Å². The van der Waals surface area contributed by atoms with Crippen molar-refractivity contribution in [3.63, 3.8) is 0 Å². The van der Waals surface area contributed by atoms with Crippen molar-refractivity contribution in [3.05, 3.63) is 42.0 Å². The summed E-state index contributed by atoms with van der Waals surface area (Å²) in [7, 11) is 0. The molecule has 0 spiro atoms. The Morgan fingerprint density at radius 1 is 1.21 bits per heavy atom. The van der Waals surface area contributed by atoms with Gasteiger partial charge in [0, 0.05) is 6.08 Å². The molecule has 0 aromatic heterocycles. The van der Waals surface area contributed by atoms with Gasteiger partial charge in [-0.25, -0.2) is 9.68 Å². The van der Waals surface area contributed by atoms with Crippen molar-refractivity contribution in [2.45, 2.75) is 0 Å². The second-order valence-corrected chi connectivity index (χ2v) is 2.34. The fourth-order valence-electron chi connectivity index (χ4n) is 0.823. The Balaban J connectivity index is 2.48. The number of hydrogen-bond donors (Lipinski definition) is 0. The van der Waals surface area contributed by atoms with Crippen molar-refractivity contribution >= 4 is 18.5 Å². The van der Waals surface area contributed by atoms with Crippen molar-refractivity contribution in [3.8, 4) is 0 Å². The van der Waals surface area contributed by atoms with Crippen LogP contribution in [0.3, 0.4) is 0 Å². The molecule has 0 aliphatic carbocycles. The predicted molar refractivity (Wildman–Crippen MR) is 48.7 cm³/mol. The summed E-state index contributed by atoms with van der Waals surface area (Å²) in [6.07, 6.45) is 2.72. The highest BCUT2D eigenvalue weighted by Gasteiger charge is 1.96. The average Bonchev–Trinajstić information content (AvgIpc) is 2.25. The minimum atomic E-state index is -0.735. The largest absolute Gasteiger partial charge is 0.379 e. The van der Waals surface area contributed by atoms with Gasteiger partial charge in [-0.15, -0.1) is 0 Å². The summed E-state index contributed by atoms with van der Waals surface area (Å²) < 4.78 is 0. The third-order valence-corrected chi connectivity index (χ3v) is 1.38. The SMILES string of the molecule is O=COOC(=O)C=Cc1ccccc1. The molecule has 0 radical (unpaired) electrons. The predicted octanol–water partition coefficient (Wildman–Crippen LogP) is 1.33. The van der Waals surface area contributed by atoms with E-state index in [1.807, 2.05) is 30.3 Å². The summed E-state index contributed by atoms with van der Waals surface area (Å²) in [6.45, 7) is 0.0360. The Morgan fingerprint density at radius 3 is 2.57 bits per heavy atom. The van der Waals surface area contributed by atoms with Crippen LogP contribution in [-0.2, 0) is 19.4 Å². The van der Waals surface area contributed by atoms with Crippen molar-refractivity contribution in [2.75, 3.05) is 0 Å². The second kappa shape index (κ2) is 5.53. The molecule has 4 heteroatoms. The van der Waals surface area contributed by atoms with Gasteiger partial charge in [-0.3, -0.25) is 9.68 Å². The number of rotatable bonds is 4. The molecule has 1 rings (SSSR count). The van der Waals surface area contributed by atoms with Gasteiger partial charge >= 0.3 is 12.4 Å². The number of carbonyl (C=O) groups excluding carboxylic acids is 2. The minimum Gasteiger partial charge on any atom is -0.251 e. The van der Waals surface area contributed by atoms with Crippen LogP contribution in [0, 0.1) is 0 Å². The molecule has 0 atom stereocenters. The summed E-state index contributed by atoms with van der Waals surface area (Å²) in [4.78, 5) is 28.3. The summed E-state index contributed by atoms with van der Waals surface area (Å²) in [5, 5.41) is 0. The molecule has 0 N–H and O–H groups in total. The molecule has 14 heavy (non-hydrogen) atoms. The first-order valence-corrected chi connectivity index (χ1v) is 3.87. The van der Waals surface area contributed by atoms with Gasteiger partial charge in [0.25, 0.3) is 0 Å². The first kappa shape index (κ1) is 9.98. The van der Waals surface area contributed by atoms with Gasteiger partial charge in [-0.2, -0.15) is 0 Å². The second-order valence-electron chi connectivity index (χ2n) is 2.34. The van der Waals surface area contributed by atoms with Crippen LogP contribution in [0.2, 0.25) is 0 Å². The van der Waals surface area contributed by atoms with E-state index in [1.165, 1.54) is 6.08 Å². The van der Waals surface area contributed by atoms with Gasteiger partial charge in [0.1, 0.15) is 0 Å². The topological polar surface area (TPSA) is 52.6 Å². The standard InChI is InChI=1S/C10H8O4/c11-8-13-14-10(12)7-6-9-4-2-1-3-5-9/h1-8H. The van der Waals surface area contributed by atoms with Crippen LogP contribution in [0.5, 0.6) is 0 Å². The highest BCUT2D eigenvalue weighted by molar-refractivity contribution is 5.86. The smallest absolute Gasteiger partial charge is 0.251 e. The van der Waals surface area contributed by atoms with Crippen LogP contribution in [0.25, 0.3) is 6.08 Å². The van der Waals surface area contributed by atoms with Crippen LogP contribution < -0.4 is 0 Å². The van der Waals surface area contributed by atoms with E-state index in [0.717, 1.165) is 5.56 Å². The van der Waals surface area contributed by atoms with Crippen LogP contribution in [0.4, 0.5) is 0 Å². The van der Waals surface area contributed by atoms with Crippen molar-refractivity contribution in [2.24, 2.45) is 0 Å². The van der Waals surface area contributed by atoms with Crippen LogP contribution >= 0.6 is 0 Å². The van der Waals surface area contributed by atoms with E-state index in [0.29, 0.717) is 0 Å². The zero-order valence-corrected chi connectivity index (χ0v) is 7.25. The quantitative estimate of drug-likeness (QED) is 0.312. The fourth-order valence-corrected chi connectivity index (χ4v) is 0.823. The fraction of sp³-hybridized carbons (Fsp3) is 0. The van der Waals surface area contributed by atoms with E-state index in [4.69, 9.17) is 0 Å². The Morgan fingerprint density at radius 2 is 1.93 bits per heavy atom. The lowest BCUT2D eigenvalue weighted by Crippen LogP contribution is -1.99. The first-order chi connectivity index (χ1) is 6.83. The molecular weight excluding hydrogens is 184 g/mol. The van der Waals surface area contributed by atoms with E-state index < -0.39 is 5.97 Å². The molecule has 0 bridgehead atoms. The molecule has 1 aromatic rings. The Bertz CT molecular complexity index is 329. The average molecular weight is 192 g/mol. The minimum absolute atomic E-state index is 0.0360. The molecule has 4 nitrogen and oxygen atoms in total. The molecule has 0 heterocycles. The zero-order chi connectivity index (χ0) is 10.2. The van der Waals surface area contributed by atoms with Gasteiger partial charge in [0.05, 0.1) is 0 Å². The monoisotopic (exact) mass is 192 g/mol. The van der Waals surface area contributed by atoms with Crippen LogP contribution in [-0.4, -0.2) is 12.4 Å². The van der Waals surface area contributed by atoms with Gasteiger partial charge in [0.2, 0.25) is 0 Å². The molecule has 0 aliphatic rings. The molecule has 0 fully saturated rings. The number of hydrogen-bond acceptors (Lipinski definition) is 4. The first-order valence-electron chi connectivity index (χ1n) is 3.87. The third kappa shape index (κ3) is 3.53. The van der Waals surface area contributed by atoms with E-state index >= 15 is 0 Å². The number of benzene rings is 1. The van der Waals surface area contributed by atoms with Gasteiger partial charge in [-0.05, 0) is 11.6 Å². The van der Waals surface area contributed by atoms with Gasteiger partial charge < -0.3 is 0 Å². The Kier molecular flexibility index (Phi) is 3.94.